The van der Waals surface area contributed by atoms with Gasteiger partial charge in [0.2, 0.25) is 5.88 Å². The average molecular weight is 367 g/mol. The zero-order chi connectivity index (χ0) is 18.3. The predicted molar refractivity (Wildman–Crippen MR) is 99.4 cm³/mol. The van der Waals surface area contributed by atoms with E-state index in [9.17, 15) is 9.59 Å². The number of likely N-dealkylation sites (N-methyl/N-ethyl adjacent to an activating group) is 1. The van der Waals surface area contributed by atoms with Gasteiger partial charge in [0, 0.05) is 26.2 Å². The summed E-state index contributed by atoms with van der Waals surface area (Å²) in [5.74, 6) is -0.00236. The minimum Gasteiger partial charge on any atom is -0.472 e. The number of thiocarbonyl (C=S) groups is 1. The highest BCUT2D eigenvalue weighted by Crippen LogP contribution is 2.26. The summed E-state index contributed by atoms with van der Waals surface area (Å²) in [4.78, 5) is 33.1. The van der Waals surface area contributed by atoms with Crippen LogP contribution in [0.3, 0.4) is 0 Å². The number of carbonyl (C=O) groups is 2. The van der Waals surface area contributed by atoms with E-state index in [1.165, 1.54) is 4.90 Å². The molecule has 0 fully saturated rings. The average Bonchev–Trinajstić information content (AvgIpc) is 2.82. The Kier molecular flexibility index (Phi) is 4.16. The van der Waals surface area contributed by atoms with Crippen LogP contribution in [-0.2, 0) is 0 Å². The number of fused-ring (bicyclic) bond motifs is 2. The predicted octanol–water partition coefficient (Wildman–Crippen LogP) is 2.14. The maximum atomic E-state index is 12.5. The first kappa shape index (κ1) is 16.7. The number of benzene rings is 1. The van der Waals surface area contributed by atoms with Crippen LogP contribution in [0.2, 0.25) is 0 Å². The van der Waals surface area contributed by atoms with Gasteiger partial charge in [-0.25, -0.2) is 4.98 Å². The van der Waals surface area contributed by atoms with E-state index >= 15 is 0 Å². The molecule has 0 radical (unpaired) electrons. The van der Waals surface area contributed by atoms with Crippen molar-refractivity contribution in [2.75, 3.05) is 20.1 Å². The van der Waals surface area contributed by atoms with E-state index in [4.69, 9.17) is 17.0 Å². The molecule has 2 amide bonds. The number of rotatable bonds is 3. The van der Waals surface area contributed by atoms with E-state index in [0.717, 1.165) is 5.56 Å². The van der Waals surface area contributed by atoms with Gasteiger partial charge in [0.15, 0.2) is 0 Å². The number of pyridine rings is 1. The lowest BCUT2D eigenvalue weighted by molar-refractivity contribution is 0.0625. The molecule has 0 spiro atoms. The van der Waals surface area contributed by atoms with E-state index in [1.807, 2.05) is 24.1 Å². The van der Waals surface area contributed by atoms with Gasteiger partial charge in [0.1, 0.15) is 11.1 Å². The fourth-order valence-corrected chi connectivity index (χ4v) is 3.53. The Morgan fingerprint density at radius 3 is 2.46 bits per heavy atom. The van der Waals surface area contributed by atoms with E-state index in [2.05, 4.69) is 4.98 Å². The second-order valence-corrected chi connectivity index (χ2v) is 6.76. The maximum absolute atomic E-state index is 12.5. The summed E-state index contributed by atoms with van der Waals surface area (Å²) < 4.78 is 6.02. The fraction of sp³-hybridized carbons (Fsp3) is 0.263. The summed E-state index contributed by atoms with van der Waals surface area (Å²) in [6.45, 7) is 0.859. The molecule has 1 unspecified atom stereocenters. The van der Waals surface area contributed by atoms with Crippen molar-refractivity contribution >= 4 is 29.0 Å². The summed E-state index contributed by atoms with van der Waals surface area (Å²) in [5.41, 5.74) is 1.71. The number of hydrogen-bond donors (Lipinski definition) is 0. The first-order valence-electron chi connectivity index (χ1n) is 8.38. The summed E-state index contributed by atoms with van der Waals surface area (Å²) in [7, 11) is 1.91. The molecule has 0 saturated carbocycles. The molecule has 7 heteroatoms. The molecular weight excluding hydrogens is 350 g/mol. The van der Waals surface area contributed by atoms with Crippen molar-refractivity contribution in [3.8, 4) is 5.88 Å². The SMILES string of the molecule is CN1CC(CCN2C(=O)c3ccccc3C2=O)Oc2ncccc2C1=S. The van der Waals surface area contributed by atoms with Crippen LogP contribution >= 0.6 is 12.2 Å². The number of imide groups is 1. The first-order chi connectivity index (χ1) is 12.6. The Bertz CT molecular complexity index is 879. The highest BCUT2D eigenvalue weighted by molar-refractivity contribution is 7.80. The minimum absolute atomic E-state index is 0.224. The summed E-state index contributed by atoms with van der Waals surface area (Å²) in [6, 6.07) is 10.6. The van der Waals surface area contributed by atoms with Gasteiger partial charge >= 0.3 is 0 Å². The highest BCUT2D eigenvalue weighted by Gasteiger charge is 2.35. The van der Waals surface area contributed by atoms with E-state index in [1.54, 1.807) is 30.5 Å². The topological polar surface area (TPSA) is 62.7 Å². The molecule has 1 aromatic carbocycles. The van der Waals surface area contributed by atoms with Crippen LogP contribution in [-0.4, -0.2) is 57.8 Å². The summed E-state index contributed by atoms with van der Waals surface area (Å²) in [5, 5.41) is 0. The molecule has 0 N–H and O–H groups in total. The number of amides is 2. The smallest absolute Gasteiger partial charge is 0.261 e. The zero-order valence-electron chi connectivity index (χ0n) is 14.2. The molecule has 0 aliphatic carbocycles. The normalized spacial score (nSPS) is 19.1. The molecular formula is C19H17N3O3S. The molecule has 1 atom stereocenters. The molecule has 1 aromatic heterocycles. The van der Waals surface area contributed by atoms with Gasteiger partial charge in [-0.2, -0.15) is 0 Å². The van der Waals surface area contributed by atoms with Crippen LogP contribution in [0.1, 0.15) is 32.7 Å². The van der Waals surface area contributed by atoms with Crippen molar-refractivity contribution in [1.29, 1.82) is 0 Å². The van der Waals surface area contributed by atoms with Gasteiger partial charge in [-0.3, -0.25) is 14.5 Å². The third-order valence-electron chi connectivity index (χ3n) is 4.66. The molecule has 3 heterocycles. The van der Waals surface area contributed by atoms with Crippen molar-refractivity contribution < 1.29 is 14.3 Å². The number of carbonyl (C=O) groups excluding carboxylic acids is 2. The van der Waals surface area contributed by atoms with E-state index < -0.39 is 0 Å². The van der Waals surface area contributed by atoms with Crippen molar-refractivity contribution in [2.24, 2.45) is 0 Å². The Labute approximate surface area is 156 Å². The van der Waals surface area contributed by atoms with Crippen molar-refractivity contribution in [2.45, 2.75) is 12.5 Å². The Balaban J connectivity index is 1.50. The van der Waals surface area contributed by atoms with Crippen LogP contribution in [0, 0.1) is 0 Å². The fourth-order valence-electron chi connectivity index (χ4n) is 3.30. The molecule has 0 bridgehead atoms. The lowest BCUT2D eigenvalue weighted by atomic mass is 10.1. The van der Waals surface area contributed by atoms with Crippen LogP contribution in [0.25, 0.3) is 0 Å². The minimum atomic E-state index is -0.248. The van der Waals surface area contributed by atoms with Crippen molar-refractivity contribution in [3.63, 3.8) is 0 Å². The van der Waals surface area contributed by atoms with Crippen LogP contribution < -0.4 is 4.74 Å². The van der Waals surface area contributed by atoms with Gasteiger partial charge in [-0.05, 0) is 24.3 Å². The monoisotopic (exact) mass is 367 g/mol. The lowest BCUT2D eigenvalue weighted by Gasteiger charge is -2.23. The first-order valence-corrected chi connectivity index (χ1v) is 8.79. The molecule has 0 saturated heterocycles. The van der Waals surface area contributed by atoms with Gasteiger partial charge in [-0.1, -0.05) is 24.4 Å². The molecule has 6 nitrogen and oxygen atoms in total. The lowest BCUT2D eigenvalue weighted by Crippen LogP contribution is -2.38. The largest absolute Gasteiger partial charge is 0.472 e. The Morgan fingerprint density at radius 1 is 1.12 bits per heavy atom. The second kappa shape index (κ2) is 6.49. The van der Waals surface area contributed by atoms with Gasteiger partial charge in [0.25, 0.3) is 11.8 Å². The van der Waals surface area contributed by atoms with E-state index in [0.29, 0.717) is 41.5 Å². The quantitative estimate of drug-likeness (QED) is 0.612. The summed E-state index contributed by atoms with van der Waals surface area (Å²) in [6.07, 6.45) is 1.95. The number of ether oxygens (including phenoxy) is 1. The Morgan fingerprint density at radius 2 is 1.77 bits per heavy atom. The molecule has 4 rings (SSSR count). The van der Waals surface area contributed by atoms with Crippen LogP contribution in [0.5, 0.6) is 5.88 Å². The highest BCUT2D eigenvalue weighted by atomic mass is 32.1. The molecule has 2 aromatic rings. The van der Waals surface area contributed by atoms with Gasteiger partial charge in [-0.15, -0.1) is 0 Å². The van der Waals surface area contributed by atoms with Crippen LogP contribution in [0.4, 0.5) is 0 Å². The standard InChI is InChI=1S/C19H17N3O3S/c1-21-11-12(25-16-15(19(21)26)7-4-9-20-16)8-10-22-17(23)13-5-2-3-6-14(13)18(22)24/h2-7,9,12H,8,10-11H2,1H3. The number of hydrogen-bond acceptors (Lipinski definition) is 5. The number of nitrogens with zero attached hydrogens (tertiary/aromatic N) is 3. The molecule has 132 valence electrons. The molecule has 2 aliphatic rings. The van der Waals surface area contributed by atoms with Crippen LogP contribution in [0.15, 0.2) is 42.6 Å². The van der Waals surface area contributed by atoms with Gasteiger partial charge < -0.3 is 9.64 Å². The third kappa shape index (κ3) is 2.74. The van der Waals surface area contributed by atoms with Crippen molar-refractivity contribution in [3.05, 3.63) is 59.3 Å². The van der Waals surface area contributed by atoms with E-state index in [-0.39, 0.29) is 17.9 Å². The molecule has 2 aliphatic heterocycles. The third-order valence-corrected chi connectivity index (χ3v) is 5.19. The second-order valence-electron chi connectivity index (χ2n) is 6.38. The molecule has 26 heavy (non-hydrogen) atoms. The van der Waals surface area contributed by atoms with Crippen molar-refractivity contribution in [1.82, 2.24) is 14.8 Å². The van der Waals surface area contributed by atoms with Gasteiger partial charge in [0.05, 0.1) is 23.2 Å². The zero-order valence-corrected chi connectivity index (χ0v) is 15.0. The maximum Gasteiger partial charge on any atom is 0.261 e. The summed E-state index contributed by atoms with van der Waals surface area (Å²) >= 11 is 5.49. The number of aromatic nitrogens is 1. The Hall–Kier alpha value is -2.80.